The second-order valence-corrected chi connectivity index (χ2v) is 5.83. The Bertz CT molecular complexity index is 517. The third kappa shape index (κ3) is 3.43. The average molecular weight is 289 g/mol. The van der Waals surface area contributed by atoms with Crippen LogP contribution in [0, 0.1) is 5.92 Å². The standard InChI is InChI=1S/C17H23NO3/c1-12(2)16(19)18-10-8-13(9-11-18)14-6-4-5-7-15(14)17(20)21-3/h4-7,12-13H,8-11H2,1-3H3. The number of methoxy groups -OCH3 is 1. The van der Waals surface area contributed by atoms with Crippen LogP contribution in [0.2, 0.25) is 0 Å². The molecule has 2 rings (SSSR count). The van der Waals surface area contributed by atoms with Gasteiger partial charge in [0, 0.05) is 19.0 Å². The number of carbonyl (C=O) groups excluding carboxylic acids is 2. The summed E-state index contributed by atoms with van der Waals surface area (Å²) in [6.07, 6.45) is 1.79. The normalized spacial score (nSPS) is 16.1. The first-order valence-corrected chi connectivity index (χ1v) is 7.50. The van der Waals surface area contributed by atoms with E-state index in [1.807, 2.05) is 43.0 Å². The zero-order valence-corrected chi connectivity index (χ0v) is 13.0. The molecule has 1 aliphatic rings. The van der Waals surface area contributed by atoms with Crippen LogP contribution in [0.1, 0.15) is 48.5 Å². The summed E-state index contributed by atoms with van der Waals surface area (Å²) in [7, 11) is 1.41. The maximum atomic E-state index is 12.0. The van der Waals surface area contributed by atoms with Gasteiger partial charge >= 0.3 is 5.97 Å². The van der Waals surface area contributed by atoms with Crippen LogP contribution in [-0.4, -0.2) is 37.0 Å². The van der Waals surface area contributed by atoms with Gasteiger partial charge in [-0.05, 0) is 30.4 Å². The van der Waals surface area contributed by atoms with Crippen LogP contribution in [0.25, 0.3) is 0 Å². The number of benzene rings is 1. The topological polar surface area (TPSA) is 46.6 Å². The minimum absolute atomic E-state index is 0.0453. The fourth-order valence-corrected chi connectivity index (χ4v) is 2.92. The van der Waals surface area contributed by atoms with E-state index in [2.05, 4.69) is 0 Å². The molecular weight excluding hydrogens is 266 g/mol. The summed E-state index contributed by atoms with van der Waals surface area (Å²) in [4.78, 5) is 25.8. The van der Waals surface area contributed by atoms with E-state index in [0.29, 0.717) is 11.5 Å². The molecule has 0 aromatic heterocycles. The molecule has 1 saturated heterocycles. The van der Waals surface area contributed by atoms with Gasteiger partial charge in [0.1, 0.15) is 0 Å². The lowest BCUT2D eigenvalue weighted by Gasteiger charge is -2.33. The molecule has 0 atom stereocenters. The van der Waals surface area contributed by atoms with E-state index in [4.69, 9.17) is 4.74 Å². The molecule has 0 saturated carbocycles. The third-order valence-electron chi connectivity index (χ3n) is 4.11. The van der Waals surface area contributed by atoms with Crippen LogP contribution in [0.3, 0.4) is 0 Å². The number of amides is 1. The molecule has 1 amide bonds. The smallest absolute Gasteiger partial charge is 0.338 e. The summed E-state index contributed by atoms with van der Waals surface area (Å²) in [5, 5.41) is 0. The number of hydrogen-bond donors (Lipinski definition) is 0. The second kappa shape index (κ2) is 6.74. The number of hydrogen-bond acceptors (Lipinski definition) is 3. The van der Waals surface area contributed by atoms with Gasteiger partial charge in [0.15, 0.2) is 0 Å². The van der Waals surface area contributed by atoms with E-state index in [9.17, 15) is 9.59 Å². The van der Waals surface area contributed by atoms with Crippen molar-refractivity contribution in [3.63, 3.8) is 0 Å². The van der Waals surface area contributed by atoms with Crippen LogP contribution in [0.15, 0.2) is 24.3 Å². The largest absolute Gasteiger partial charge is 0.465 e. The summed E-state index contributed by atoms with van der Waals surface area (Å²) in [6, 6.07) is 7.62. The fraction of sp³-hybridized carbons (Fsp3) is 0.529. The molecule has 1 fully saturated rings. The number of esters is 1. The maximum Gasteiger partial charge on any atom is 0.338 e. The highest BCUT2D eigenvalue weighted by Crippen LogP contribution is 2.31. The molecule has 4 nitrogen and oxygen atoms in total. The zero-order valence-electron chi connectivity index (χ0n) is 13.0. The molecule has 1 aliphatic heterocycles. The lowest BCUT2D eigenvalue weighted by atomic mass is 9.86. The van der Waals surface area contributed by atoms with Gasteiger partial charge in [-0.25, -0.2) is 4.79 Å². The van der Waals surface area contributed by atoms with E-state index < -0.39 is 0 Å². The monoisotopic (exact) mass is 289 g/mol. The lowest BCUT2D eigenvalue weighted by molar-refractivity contribution is -0.135. The number of nitrogens with zero attached hydrogens (tertiary/aromatic N) is 1. The number of ether oxygens (including phenoxy) is 1. The first-order chi connectivity index (χ1) is 10.0. The molecule has 4 heteroatoms. The molecule has 0 spiro atoms. The van der Waals surface area contributed by atoms with Crippen molar-refractivity contribution < 1.29 is 14.3 Å². The van der Waals surface area contributed by atoms with Gasteiger partial charge in [-0.3, -0.25) is 4.79 Å². The van der Waals surface area contributed by atoms with Crippen molar-refractivity contribution >= 4 is 11.9 Å². The highest BCUT2D eigenvalue weighted by Gasteiger charge is 2.27. The molecule has 0 bridgehead atoms. The number of piperidine rings is 1. The Kier molecular flexibility index (Phi) is 4.99. The van der Waals surface area contributed by atoms with Crippen LogP contribution >= 0.6 is 0 Å². The Morgan fingerprint density at radius 2 is 1.81 bits per heavy atom. The summed E-state index contributed by atoms with van der Waals surface area (Å²) < 4.78 is 4.86. The van der Waals surface area contributed by atoms with Crippen molar-refractivity contribution in [3.8, 4) is 0 Å². The van der Waals surface area contributed by atoms with Crippen molar-refractivity contribution in [2.75, 3.05) is 20.2 Å². The van der Waals surface area contributed by atoms with Gasteiger partial charge in [-0.2, -0.15) is 0 Å². The summed E-state index contributed by atoms with van der Waals surface area (Å²) in [5.74, 6) is 0.293. The Balaban J connectivity index is 2.09. The maximum absolute atomic E-state index is 12.0. The van der Waals surface area contributed by atoms with E-state index in [1.165, 1.54) is 7.11 Å². The van der Waals surface area contributed by atoms with Crippen LogP contribution < -0.4 is 0 Å². The van der Waals surface area contributed by atoms with Crippen molar-refractivity contribution in [2.45, 2.75) is 32.6 Å². The van der Waals surface area contributed by atoms with Crippen LogP contribution in [0.4, 0.5) is 0 Å². The van der Waals surface area contributed by atoms with E-state index in [1.54, 1.807) is 0 Å². The van der Waals surface area contributed by atoms with Crippen molar-refractivity contribution in [1.82, 2.24) is 4.90 Å². The van der Waals surface area contributed by atoms with Gasteiger partial charge in [-0.15, -0.1) is 0 Å². The SMILES string of the molecule is COC(=O)c1ccccc1C1CCN(C(=O)C(C)C)CC1. The summed E-state index contributed by atoms with van der Waals surface area (Å²) in [5.41, 5.74) is 1.69. The Morgan fingerprint density at radius 3 is 2.38 bits per heavy atom. The van der Waals surface area contributed by atoms with Gasteiger partial charge < -0.3 is 9.64 Å². The molecule has 114 valence electrons. The predicted octanol–water partition coefficient (Wildman–Crippen LogP) is 2.84. The Labute approximate surface area is 126 Å². The van der Waals surface area contributed by atoms with Crippen molar-refractivity contribution in [3.05, 3.63) is 35.4 Å². The van der Waals surface area contributed by atoms with Crippen molar-refractivity contribution in [1.29, 1.82) is 0 Å². The molecule has 0 aliphatic carbocycles. The minimum atomic E-state index is -0.286. The van der Waals surface area contributed by atoms with Crippen LogP contribution in [0.5, 0.6) is 0 Å². The molecule has 21 heavy (non-hydrogen) atoms. The fourth-order valence-electron chi connectivity index (χ4n) is 2.92. The lowest BCUT2D eigenvalue weighted by Crippen LogP contribution is -2.40. The molecule has 0 radical (unpaired) electrons. The molecule has 0 N–H and O–H groups in total. The van der Waals surface area contributed by atoms with Gasteiger partial charge in [0.05, 0.1) is 12.7 Å². The molecule has 1 aromatic carbocycles. The number of likely N-dealkylation sites (tertiary alicyclic amines) is 1. The van der Waals surface area contributed by atoms with Crippen LogP contribution in [-0.2, 0) is 9.53 Å². The van der Waals surface area contributed by atoms with Gasteiger partial charge in [0.25, 0.3) is 0 Å². The van der Waals surface area contributed by atoms with Crippen molar-refractivity contribution in [2.24, 2.45) is 5.92 Å². The highest BCUT2D eigenvalue weighted by molar-refractivity contribution is 5.91. The minimum Gasteiger partial charge on any atom is -0.465 e. The third-order valence-corrected chi connectivity index (χ3v) is 4.11. The molecule has 0 unspecified atom stereocenters. The number of rotatable bonds is 3. The number of carbonyl (C=O) groups is 2. The van der Waals surface area contributed by atoms with Gasteiger partial charge in [0.2, 0.25) is 5.91 Å². The quantitative estimate of drug-likeness (QED) is 0.804. The Hall–Kier alpha value is -1.84. The summed E-state index contributed by atoms with van der Waals surface area (Å²) in [6.45, 7) is 5.39. The molecule has 1 aromatic rings. The van der Waals surface area contributed by atoms with E-state index >= 15 is 0 Å². The summed E-state index contributed by atoms with van der Waals surface area (Å²) >= 11 is 0. The highest BCUT2D eigenvalue weighted by atomic mass is 16.5. The first kappa shape index (κ1) is 15.5. The van der Waals surface area contributed by atoms with Gasteiger partial charge in [-0.1, -0.05) is 32.0 Å². The first-order valence-electron chi connectivity index (χ1n) is 7.50. The average Bonchev–Trinajstić information content (AvgIpc) is 2.53. The van der Waals surface area contributed by atoms with E-state index in [0.717, 1.165) is 31.5 Å². The second-order valence-electron chi connectivity index (χ2n) is 5.83. The predicted molar refractivity (Wildman–Crippen MR) is 81.2 cm³/mol. The van der Waals surface area contributed by atoms with E-state index in [-0.39, 0.29) is 17.8 Å². The molecular formula is C17H23NO3. The zero-order chi connectivity index (χ0) is 15.4. The Morgan fingerprint density at radius 1 is 1.19 bits per heavy atom. The molecule has 1 heterocycles.